The van der Waals surface area contributed by atoms with Gasteiger partial charge in [-0.3, -0.25) is 9.97 Å². The largest absolute Gasteiger partial charge is 0.467 e. The van der Waals surface area contributed by atoms with E-state index in [1.807, 2.05) is 43.5 Å². The van der Waals surface area contributed by atoms with Crippen LogP contribution in [0.5, 0.6) is 0 Å². The molecule has 27 heavy (non-hydrogen) atoms. The molecule has 0 aromatic carbocycles. The Balaban J connectivity index is 0.00000261. The average molecular weight is 477 g/mol. The molecule has 3 rings (SSSR count). The molecule has 2 N–H and O–H groups in total. The lowest BCUT2D eigenvalue weighted by Gasteiger charge is -2.12. The maximum absolute atomic E-state index is 5.37. The smallest absolute Gasteiger partial charge is 0.192 e. The van der Waals surface area contributed by atoms with E-state index in [9.17, 15) is 0 Å². The molecule has 3 heterocycles. The second-order valence-electron chi connectivity index (χ2n) is 5.90. The first-order chi connectivity index (χ1) is 12.8. The van der Waals surface area contributed by atoms with Crippen LogP contribution in [0.4, 0.5) is 0 Å². The van der Waals surface area contributed by atoms with E-state index in [2.05, 4.69) is 31.7 Å². The number of aromatic nitrogens is 2. The third-order valence-corrected chi connectivity index (χ3v) is 3.94. The molecule has 0 spiro atoms. The van der Waals surface area contributed by atoms with Gasteiger partial charge in [0, 0.05) is 25.1 Å². The number of hydrogen-bond donors (Lipinski definition) is 2. The van der Waals surface area contributed by atoms with Crippen LogP contribution in [-0.4, -0.2) is 22.5 Å². The fraction of sp³-hybridized carbons (Fsp3) is 0.250. The first-order valence-corrected chi connectivity index (χ1v) is 8.65. The predicted molar refractivity (Wildman–Crippen MR) is 117 cm³/mol. The lowest BCUT2D eigenvalue weighted by Crippen LogP contribution is -2.38. The zero-order valence-electron chi connectivity index (χ0n) is 15.3. The number of hydrogen-bond acceptors (Lipinski definition) is 4. The molecule has 0 aliphatic heterocycles. The summed E-state index contributed by atoms with van der Waals surface area (Å²) in [4.78, 5) is 13.2. The molecule has 0 bridgehead atoms. The van der Waals surface area contributed by atoms with Crippen LogP contribution in [0, 0.1) is 6.92 Å². The van der Waals surface area contributed by atoms with Gasteiger partial charge in [0.1, 0.15) is 5.76 Å². The van der Waals surface area contributed by atoms with Crippen molar-refractivity contribution in [1.29, 1.82) is 0 Å². The molecule has 0 aliphatic carbocycles. The fourth-order valence-corrected chi connectivity index (χ4v) is 2.47. The standard InChI is InChI=1S/C20H23N5O.HI/c1-16-5-2-10-22-19(16)15-25-20(24-14-18-7-4-12-26-18)23-11-8-17-6-3-9-21-13-17;/h2-7,9-10,12-13H,8,11,14-15H2,1H3,(H2,23,24,25);1H. The number of halogens is 1. The minimum atomic E-state index is 0. The van der Waals surface area contributed by atoms with E-state index in [1.165, 1.54) is 5.56 Å². The lowest BCUT2D eigenvalue weighted by atomic mass is 10.2. The summed E-state index contributed by atoms with van der Waals surface area (Å²) >= 11 is 0. The number of aryl methyl sites for hydroxylation is 1. The third kappa shape index (κ3) is 7.01. The van der Waals surface area contributed by atoms with Crippen LogP contribution in [0.25, 0.3) is 0 Å². The zero-order chi connectivity index (χ0) is 18.0. The maximum atomic E-state index is 5.37. The van der Waals surface area contributed by atoms with E-state index in [-0.39, 0.29) is 24.0 Å². The van der Waals surface area contributed by atoms with Crippen molar-refractivity contribution in [3.63, 3.8) is 0 Å². The SMILES string of the molecule is Cc1cccnc1CN=C(NCCc1cccnc1)NCc1ccco1.I. The van der Waals surface area contributed by atoms with Crippen molar-refractivity contribution in [3.05, 3.63) is 83.8 Å². The van der Waals surface area contributed by atoms with Crippen molar-refractivity contribution in [3.8, 4) is 0 Å². The highest BCUT2D eigenvalue weighted by Gasteiger charge is 2.03. The molecular weight excluding hydrogens is 453 g/mol. The Morgan fingerprint density at radius 3 is 2.74 bits per heavy atom. The van der Waals surface area contributed by atoms with Crippen molar-refractivity contribution < 1.29 is 4.42 Å². The molecule has 142 valence electrons. The van der Waals surface area contributed by atoms with Crippen LogP contribution in [0.15, 0.2) is 70.7 Å². The van der Waals surface area contributed by atoms with Gasteiger partial charge in [-0.25, -0.2) is 4.99 Å². The Bertz CT molecular complexity index is 821. The fourth-order valence-electron chi connectivity index (χ4n) is 2.47. The quantitative estimate of drug-likeness (QED) is 0.310. The molecule has 0 amide bonds. The number of rotatable bonds is 7. The third-order valence-electron chi connectivity index (χ3n) is 3.94. The van der Waals surface area contributed by atoms with E-state index in [1.54, 1.807) is 18.7 Å². The molecule has 0 saturated carbocycles. The van der Waals surface area contributed by atoms with E-state index >= 15 is 0 Å². The molecule has 3 aromatic heterocycles. The van der Waals surface area contributed by atoms with Gasteiger partial charge in [-0.15, -0.1) is 24.0 Å². The van der Waals surface area contributed by atoms with Crippen LogP contribution < -0.4 is 10.6 Å². The monoisotopic (exact) mass is 477 g/mol. The summed E-state index contributed by atoms with van der Waals surface area (Å²) in [5.74, 6) is 1.59. The molecule has 3 aromatic rings. The second kappa shape index (κ2) is 11.3. The van der Waals surface area contributed by atoms with Gasteiger partial charge in [-0.2, -0.15) is 0 Å². The van der Waals surface area contributed by atoms with Gasteiger partial charge in [0.05, 0.1) is 25.0 Å². The van der Waals surface area contributed by atoms with Crippen LogP contribution >= 0.6 is 24.0 Å². The molecule has 6 nitrogen and oxygen atoms in total. The Morgan fingerprint density at radius 1 is 1.11 bits per heavy atom. The number of nitrogens with zero attached hydrogens (tertiary/aromatic N) is 3. The van der Waals surface area contributed by atoms with Gasteiger partial charge in [0.25, 0.3) is 0 Å². The first-order valence-electron chi connectivity index (χ1n) is 8.65. The normalized spacial score (nSPS) is 10.9. The second-order valence-corrected chi connectivity index (χ2v) is 5.90. The molecule has 7 heteroatoms. The molecule has 0 saturated heterocycles. The van der Waals surface area contributed by atoms with Crippen molar-refractivity contribution >= 4 is 29.9 Å². The Labute approximate surface area is 176 Å². The average Bonchev–Trinajstić information content (AvgIpc) is 3.19. The molecular formula is C20H24IN5O. The maximum Gasteiger partial charge on any atom is 0.192 e. The zero-order valence-corrected chi connectivity index (χ0v) is 17.6. The number of guanidine groups is 1. The van der Waals surface area contributed by atoms with E-state index < -0.39 is 0 Å². The van der Waals surface area contributed by atoms with Gasteiger partial charge in [-0.1, -0.05) is 12.1 Å². The van der Waals surface area contributed by atoms with Gasteiger partial charge in [0.2, 0.25) is 0 Å². The first kappa shape index (κ1) is 20.9. The summed E-state index contributed by atoms with van der Waals surface area (Å²) in [6.45, 7) is 3.90. The molecule has 0 atom stereocenters. The van der Waals surface area contributed by atoms with Crippen LogP contribution in [-0.2, 0) is 19.5 Å². The summed E-state index contributed by atoms with van der Waals surface area (Å²) in [7, 11) is 0. The van der Waals surface area contributed by atoms with E-state index in [4.69, 9.17) is 4.42 Å². The lowest BCUT2D eigenvalue weighted by molar-refractivity contribution is 0.501. The minimum Gasteiger partial charge on any atom is -0.467 e. The Morgan fingerprint density at radius 2 is 2.00 bits per heavy atom. The highest BCUT2D eigenvalue weighted by molar-refractivity contribution is 14.0. The van der Waals surface area contributed by atoms with Crippen LogP contribution in [0.1, 0.15) is 22.6 Å². The van der Waals surface area contributed by atoms with Crippen LogP contribution in [0.2, 0.25) is 0 Å². The number of aliphatic imine (C=N–C) groups is 1. The summed E-state index contributed by atoms with van der Waals surface area (Å²) in [6, 6.07) is 11.8. The van der Waals surface area contributed by atoms with Crippen molar-refractivity contribution in [2.24, 2.45) is 4.99 Å². The summed E-state index contributed by atoms with van der Waals surface area (Å²) in [5.41, 5.74) is 3.29. The van der Waals surface area contributed by atoms with Crippen molar-refractivity contribution in [2.75, 3.05) is 6.54 Å². The van der Waals surface area contributed by atoms with Gasteiger partial charge < -0.3 is 15.1 Å². The summed E-state index contributed by atoms with van der Waals surface area (Å²) in [6.07, 6.45) is 8.00. The van der Waals surface area contributed by atoms with E-state index in [0.29, 0.717) is 13.1 Å². The Kier molecular flexibility index (Phi) is 8.76. The molecule has 0 unspecified atom stereocenters. The summed E-state index contributed by atoms with van der Waals surface area (Å²) < 4.78 is 5.37. The van der Waals surface area contributed by atoms with Gasteiger partial charge in [0.15, 0.2) is 5.96 Å². The van der Waals surface area contributed by atoms with Crippen LogP contribution in [0.3, 0.4) is 0 Å². The van der Waals surface area contributed by atoms with Gasteiger partial charge in [-0.05, 0) is 48.7 Å². The molecule has 0 radical (unpaired) electrons. The Hall–Kier alpha value is -2.42. The molecule has 0 fully saturated rings. The summed E-state index contributed by atoms with van der Waals surface area (Å²) in [5, 5.41) is 6.66. The van der Waals surface area contributed by atoms with E-state index in [0.717, 1.165) is 35.9 Å². The number of furan rings is 1. The predicted octanol–water partition coefficient (Wildman–Crippen LogP) is 3.47. The number of nitrogens with one attached hydrogen (secondary N) is 2. The molecule has 0 aliphatic rings. The van der Waals surface area contributed by atoms with Crippen molar-refractivity contribution in [1.82, 2.24) is 20.6 Å². The highest BCUT2D eigenvalue weighted by Crippen LogP contribution is 2.05. The number of pyridine rings is 2. The topological polar surface area (TPSA) is 75.3 Å². The van der Waals surface area contributed by atoms with Crippen molar-refractivity contribution in [2.45, 2.75) is 26.4 Å². The van der Waals surface area contributed by atoms with Gasteiger partial charge >= 0.3 is 0 Å². The highest BCUT2D eigenvalue weighted by atomic mass is 127. The minimum absolute atomic E-state index is 0.